The van der Waals surface area contributed by atoms with E-state index in [9.17, 15) is 8.42 Å². The van der Waals surface area contributed by atoms with E-state index in [2.05, 4.69) is 0 Å². The third-order valence-corrected chi connectivity index (χ3v) is 3.99. The smallest absolute Gasteiger partial charge is 0.157 e. The van der Waals surface area contributed by atoms with E-state index in [1.165, 1.54) is 0 Å². The molecular formula is C12H18O4S. The second-order valence-corrected chi connectivity index (χ2v) is 6.50. The number of benzene rings is 1. The Morgan fingerprint density at radius 2 is 1.71 bits per heavy atom. The Kier molecular flexibility index (Phi) is 4.68. The van der Waals surface area contributed by atoms with Gasteiger partial charge in [-0.2, -0.15) is 0 Å². The first kappa shape index (κ1) is 14.2. The third kappa shape index (κ3) is 4.85. The zero-order chi connectivity index (χ0) is 13.1. The Labute approximate surface area is 102 Å². The van der Waals surface area contributed by atoms with Gasteiger partial charge in [0.15, 0.2) is 9.84 Å². The second kappa shape index (κ2) is 5.62. The minimum absolute atomic E-state index is 0.105. The molecule has 0 aromatic heterocycles. The maximum absolute atomic E-state index is 11.7. The van der Waals surface area contributed by atoms with Gasteiger partial charge in [0.05, 0.1) is 24.2 Å². The largest absolute Gasteiger partial charge is 0.394 e. The zero-order valence-corrected chi connectivity index (χ0v) is 10.9. The molecule has 0 heterocycles. The van der Waals surface area contributed by atoms with E-state index in [-0.39, 0.29) is 5.75 Å². The topological polar surface area (TPSA) is 74.6 Å². The minimum Gasteiger partial charge on any atom is -0.394 e. The van der Waals surface area contributed by atoms with E-state index in [1.807, 2.05) is 32.0 Å². The number of hydrogen-bond acceptors (Lipinski definition) is 4. The molecule has 0 fully saturated rings. The van der Waals surface area contributed by atoms with Crippen molar-refractivity contribution in [2.45, 2.75) is 25.7 Å². The van der Waals surface area contributed by atoms with Gasteiger partial charge in [-0.25, -0.2) is 8.42 Å². The summed E-state index contributed by atoms with van der Waals surface area (Å²) in [5, 5.41) is 17.8. The lowest BCUT2D eigenvalue weighted by molar-refractivity contribution is 0.112. The first-order valence-corrected chi connectivity index (χ1v) is 7.21. The summed E-state index contributed by atoms with van der Waals surface area (Å²) < 4.78 is 23.4. The molecule has 1 aromatic carbocycles. The lowest BCUT2D eigenvalue weighted by atomic mass is 10.1. The molecule has 1 atom stereocenters. The lowest BCUT2D eigenvalue weighted by Gasteiger charge is -2.09. The highest BCUT2D eigenvalue weighted by Crippen LogP contribution is 2.13. The van der Waals surface area contributed by atoms with Crippen LogP contribution in [0.2, 0.25) is 0 Å². The van der Waals surface area contributed by atoms with E-state index in [0.717, 1.165) is 11.1 Å². The molecule has 1 rings (SSSR count). The molecule has 0 aliphatic rings. The summed E-state index contributed by atoms with van der Waals surface area (Å²) in [6.45, 7) is 3.28. The molecule has 0 radical (unpaired) electrons. The van der Waals surface area contributed by atoms with E-state index in [1.54, 1.807) is 0 Å². The molecule has 1 aromatic rings. The predicted molar refractivity (Wildman–Crippen MR) is 66.5 cm³/mol. The number of rotatable bonds is 5. The fourth-order valence-electron chi connectivity index (χ4n) is 1.81. The number of sulfone groups is 1. The average molecular weight is 258 g/mol. The summed E-state index contributed by atoms with van der Waals surface area (Å²) >= 11 is 0. The first-order valence-electron chi connectivity index (χ1n) is 5.39. The van der Waals surface area contributed by atoms with Crippen molar-refractivity contribution in [2.24, 2.45) is 0 Å². The van der Waals surface area contributed by atoms with Crippen molar-refractivity contribution in [1.29, 1.82) is 0 Å². The highest BCUT2D eigenvalue weighted by molar-refractivity contribution is 7.90. The van der Waals surface area contributed by atoms with Crippen LogP contribution in [0.15, 0.2) is 18.2 Å². The average Bonchev–Trinajstić information content (AvgIpc) is 2.13. The summed E-state index contributed by atoms with van der Waals surface area (Å²) in [4.78, 5) is 0. The van der Waals surface area contributed by atoms with Crippen molar-refractivity contribution in [1.82, 2.24) is 0 Å². The normalized spacial score (nSPS) is 13.6. The Morgan fingerprint density at radius 1 is 1.18 bits per heavy atom. The van der Waals surface area contributed by atoms with Crippen molar-refractivity contribution in [3.05, 3.63) is 34.9 Å². The van der Waals surface area contributed by atoms with Crippen LogP contribution in [-0.4, -0.2) is 37.1 Å². The monoisotopic (exact) mass is 258 g/mol. The fraction of sp³-hybridized carbons (Fsp3) is 0.500. The van der Waals surface area contributed by atoms with E-state index in [0.29, 0.717) is 5.56 Å². The van der Waals surface area contributed by atoms with Crippen molar-refractivity contribution in [3.63, 3.8) is 0 Å². The molecular weight excluding hydrogens is 240 g/mol. The molecule has 0 aliphatic heterocycles. The maximum atomic E-state index is 11.7. The molecule has 96 valence electrons. The number of aliphatic hydroxyl groups is 2. The molecule has 4 nitrogen and oxygen atoms in total. The van der Waals surface area contributed by atoms with Crippen LogP contribution in [0.4, 0.5) is 0 Å². The number of aliphatic hydroxyl groups excluding tert-OH is 2. The van der Waals surface area contributed by atoms with Crippen LogP contribution in [0, 0.1) is 13.8 Å². The highest BCUT2D eigenvalue weighted by atomic mass is 32.2. The fourth-order valence-corrected chi connectivity index (χ4v) is 3.30. The van der Waals surface area contributed by atoms with Crippen molar-refractivity contribution in [2.75, 3.05) is 12.4 Å². The Bertz CT molecular complexity index is 459. The minimum atomic E-state index is -3.39. The molecule has 0 amide bonds. The Balaban J connectivity index is 2.83. The second-order valence-electron chi connectivity index (χ2n) is 4.39. The zero-order valence-electron chi connectivity index (χ0n) is 10.0. The maximum Gasteiger partial charge on any atom is 0.157 e. The van der Waals surface area contributed by atoms with Gasteiger partial charge in [-0.3, -0.25) is 0 Å². The lowest BCUT2D eigenvalue weighted by Crippen LogP contribution is -2.25. The van der Waals surface area contributed by atoms with Gasteiger partial charge in [0.25, 0.3) is 0 Å². The summed E-state index contributed by atoms with van der Waals surface area (Å²) in [7, 11) is -3.39. The first-order chi connectivity index (χ1) is 7.82. The predicted octanol–water partition coefficient (Wildman–Crippen LogP) is 0.571. The quantitative estimate of drug-likeness (QED) is 0.810. The summed E-state index contributed by atoms with van der Waals surface area (Å²) in [6.07, 6.45) is -1.20. The summed E-state index contributed by atoms with van der Waals surface area (Å²) in [6, 6.07) is 5.60. The Morgan fingerprint density at radius 3 is 2.18 bits per heavy atom. The molecule has 0 saturated carbocycles. The van der Waals surface area contributed by atoms with Crippen molar-refractivity contribution in [3.8, 4) is 0 Å². The molecule has 17 heavy (non-hydrogen) atoms. The van der Waals surface area contributed by atoms with Crippen molar-refractivity contribution < 1.29 is 18.6 Å². The van der Waals surface area contributed by atoms with Gasteiger partial charge in [-0.15, -0.1) is 0 Å². The van der Waals surface area contributed by atoms with Gasteiger partial charge in [-0.1, -0.05) is 29.3 Å². The molecule has 0 unspecified atom stereocenters. The van der Waals surface area contributed by atoms with Crippen LogP contribution in [0.1, 0.15) is 16.7 Å². The van der Waals surface area contributed by atoms with Gasteiger partial charge < -0.3 is 10.2 Å². The van der Waals surface area contributed by atoms with Crippen LogP contribution in [-0.2, 0) is 15.6 Å². The van der Waals surface area contributed by atoms with E-state index >= 15 is 0 Å². The standard InChI is InChI=1S/C12H18O4S/c1-9-3-10(2)5-11(4-9)7-17(15,16)8-12(14)6-13/h3-5,12-14H,6-8H2,1-2H3/t12-/m1/s1. The van der Waals surface area contributed by atoms with Crippen molar-refractivity contribution >= 4 is 9.84 Å². The molecule has 2 N–H and O–H groups in total. The van der Waals surface area contributed by atoms with E-state index < -0.39 is 28.3 Å². The molecule has 0 saturated heterocycles. The van der Waals surface area contributed by atoms with Gasteiger partial charge in [0.1, 0.15) is 0 Å². The highest BCUT2D eigenvalue weighted by Gasteiger charge is 2.17. The SMILES string of the molecule is Cc1cc(C)cc(CS(=O)(=O)C[C@H](O)CO)c1. The Hall–Kier alpha value is -0.910. The summed E-state index contributed by atoms with van der Waals surface area (Å²) in [5.41, 5.74) is 2.74. The van der Waals surface area contributed by atoms with Crippen LogP contribution >= 0.6 is 0 Å². The van der Waals surface area contributed by atoms with Gasteiger partial charge in [0.2, 0.25) is 0 Å². The summed E-state index contributed by atoms with van der Waals surface area (Å²) in [5.74, 6) is -0.511. The van der Waals surface area contributed by atoms with Crippen LogP contribution in [0.25, 0.3) is 0 Å². The number of hydrogen-bond donors (Lipinski definition) is 2. The van der Waals surface area contributed by atoms with Crippen LogP contribution < -0.4 is 0 Å². The molecule has 0 aliphatic carbocycles. The van der Waals surface area contributed by atoms with Gasteiger partial charge in [0, 0.05) is 0 Å². The molecule has 0 spiro atoms. The van der Waals surface area contributed by atoms with Gasteiger partial charge >= 0.3 is 0 Å². The van der Waals surface area contributed by atoms with E-state index in [4.69, 9.17) is 10.2 Å². The third-order valence-electron chi connectivity index (χ3n) is 2.33. The molecule has 5 heteroatoms. The number of aryl methyl sites for hydroxylation is 2. The van der Waals surface area contributed by atoms with Gasteiger partial charge in [-0.05, 0) is 19.4 Å². The van der Waals surface area contributed by atoms with Crippen LogP contribution in [0.5, 0.6) is 0 Å². The molecule has 0 bridgehead atoms. The van der Waals surface area contributed by atoms with Crippen LogP contribution in [0.3, 0.4) is 0 Å².